The summed E-state index contributed by atoms with van der Waals surface area (Å²) in [7, 11) is 0. The summed E-state index contributed by atoms with van der Waals surface area (Å²) in [6.07, 6.45) is 3.38. The molecule has 1 unspecified atom stereocenters. The fourth-order valence-corrected chi connectivity index (χ4v) is 5.93. The van der Waals surface area contributed by atoms with E-state index >= 15 is 0 Å². The number of rotatable bonds is 4. The Morgan fingerprint density at radius 1 is 0.969 bits per heavy atom. The smallest absolute Gasteiger partial charge is 0.257 e. The standard InChI is InChI=1S/C25H20Cl2N2O2S/c26-18-7-11-21(22(27)13-18)24(31)28-19-8-4-16(5-9-19)25-29(23(30)14-32-25)20-10-6-15-2-1-3-17(15)12-20/h4-13,25H,1-3,14H2,(H,28,31). The molecule has 32 heavy (non-hydrogen) atoms. The Kier molecular flexibility index (Phi) is 5.89. The van der Waals surface area contributed by atoms with Crippen molar-refractivity contribution in [2.75, 3.05) is 16.0 Å². The number of carbonyl (C=O) groups is 2. The molecule has 2 amide bonds. The number of hydrogen-bond donors (Lipinski definition) is 1. The molecule has 1 aliphatic heterocycles. The predicted octanol–water partition coefficient (Wildman–Crippen LogP) is 6.51. The van der Waals surface area contributed by atoms with Crippen molar-refractivity contribution in [2.24, 2.45) is 0 Å². The largest absolute Gasteiger partial charge is 0.322 e. The minimum Gasteiger partial charge on any atom is -0.322 e. The van der Waals surface area contributed by atoms with Gasteiger partial charge in [0.2, 0.25) is 5.91 Å². The van der Waals surface area contributed by atoms with Crippen LogP contribution in [-0.4, -0.2) is 17.6 Å². The van der Waals surface area contributed by atoms with Crippen molar-refractivity contribution in [1.82, 2.24) is 0 Å². The van der Waals surface area contributed by atoms with Gasteiger partial charge in [-0.1, -0.05) is 41.4 Å². The summed E-state index contributed by atoms with van der Waals surface area (Å²) in [6, 6.07) is 18.8. The molecule has 3 aromatic carbocycles. The Morgan fingerprint density at radius 2 is 1.75 bits per heavy atom. The summed E-state index contributed by atoms with van der Waals surface area (Å²) in [6.45, 7) is 0. The molecule has 1 heterocycles. The molecule has 0 radical (unpaired) electrons. The van der Waals surface area contributed by atoms with Gasteiger partial charge in [0.1, 0.15) is 5.37 Å². The Labute approximate surface area is 200 Å². The van der Waals surface area contributed by atoms with Gasteiger partial charge >= 0.3 is 0 Å². The Morgan fingerprint density at radius 3 is 2.53 bits per heavy atom. The number of fused-ring (bicyclic) bond motifs is 1. The van der Waals surface area contributed by atoms with Gasteiger partial charge in [-0.05, 0) is 78.4 Å². The number of aryl methyl sites for hydroxylation is 2. The van der Waals surface area contributed by atoms with E-state index < -0.39 is 0 Å². The summed E-state index contributed by atoms with van der Waals surface area (Å²) in [4.78, 5) is 27.2. The van der Waals surface area contributed by atoms with Gasteiger partial charge in [0, 0.05) is 16.4 Å². The van der Waals surface area contributed by atoms with E-state index in [-0.39, 0.29) is 17.2 Å². The highest BCUT2D eigenvalue weighted by Crippen LogP contribution is 2.43. The average Bonchev–Trinajstić information content (AvgIpc) is 3.40. The fraction of sp³-hybridized carbons (Fsp3) is 0.200. The number of benzene rings is 3. The van der Waals surface area contributed by atoms with Crippen molar-refractivity contribution >= 4 is 58.2 Å². The third-order valence-electron chi connectivity index (χ3n) is 5.86. The first-order chi connectivity index (χ1) is 15.5. The highest BCUT2D eigenvalue weighted by atomic mass is 35.5. The second kappa shape index (κ2) is 8.81. The molecule has 7 heteroatoms. The van der Waals surface area contributed by atoms with Crippen LogP contribution in [0.2, 0.25) is 10.0 Å². The van der Waals surface area contributed by atoms with Crippen molar-refractivity contribution in [2.45, 2.75) is 24.6 Å². The molecular weight excluding hydrogens is 463 g/mol. The normalized spacial score (nSPS) is 17.5. The quantitative estimate of drug-likeness (QED) is 0.460. The van der Waals surface area contributed by atoms with Gasteiger partial charge in [-0.15, -0.1) is 11.8 Å². The monoisotopic (exact) mass is 482 g/mol. The van der Waals surface area contributed by atoms with Crippen LogP contribution in [0, 0.1) is 0 Å². The Bertz CT molecular complexity index is 1210. The van der Waals surface area contributed by atoms with Gasteiger partial charge in [-0.3, -0.25) is 14.5 Å². The number of nitrogens with zero attached hydrogens (tertiary/aromatic N) is 1. The lowest BCUT2D eigenvalue weighted by Crippen LogP contribution is -2.27. The van der Waals surface area contributed by atoms with Crippen LogP contribution in [0.25, 0.3) is 0 Å². The van der Waals surface area contributed by atoms with Gasteiger partial charge in [-0.2, -0.15) is 0 Å². The molecule has 1 N–H and O–H groups in total. The zero-order valence-electron chi connectivity index (χ0n) is 17.1. The molecule has 0 spiro atoms. The van der Waals surface area contributed by atoms with Gasteiger partial charge in [0.05, 0.1) is 16.3 Å². The summed E-state index contributed by atoms with van der Waals surface area (Å²) >= 11 is 13.7. The first kappa shape index (κ1) is 21.4. The number of halogens is 2. The van der Waals surface area contributed by atoms with Crippen LogP contribution in [-0.2, 0) is 17.6 Å². The van der Waals surface area contributed by atoms with Gasteiger partial charge in [0.25, 0.3) is 5.91 Å². The molecule has 5 rings (SSSR count). The second-order valence-electron chi connectivity index (χ2n) is 7.93. The minimum absolute atomic E-state index is 0.0857. The van der Waals surface area contributed by atoms with Crippen LogP contribution < -0.4 is 10.2 Å². The first-order valence-electron chi connectivity index (χ1n) is 10.4. The zero-order chi connectivity index (χ0) is 22.2. The average molecular weight is 483 g/mol. The summed E-state index contributed by atoms with van der Waals surface area (Å²) in [5.41, 5.74) is 5.74. The van der Waals surface area contributed by atoms with E-state index in [1.54, 1.807) is 30.0 Å². The van der Waals surface area contributed by atoms with E-state index in [0.717, 1.165) is 24.1 Å². The van der Waals surface area contributed by atoms with Crippen molar-refractivity contribution in [3.8, 4) is 0 Å². The number of hydrogen-bond acceptors (Lipinski definition) is 3. The molecule has 1 fully saturated rings. The van der Waals surface area contributed by atoms with Crippen LogP contribution in [0.4, 0.5) is 11.4 Å². The highest BCUT2D eigenvalue weighted by Gasteiger charge is 2.34. The zero-order valence-corrected chi connectivity index (χ0v) is 19.4. The topological polar surface area (TPSA) is 49.4 Å². The molecule has 0 saturated carbocycles. The lowest BCUT2D eigenvalue weighted by atomic mass is 10.1. The lowest BCUT2D eigenvalue weighted by Gasteiger charge is -2.25. The van der Waals surface area contributed by atoms with Crippen LogP contribution >= 0.6 is 35.0 Å². The van der Waals surface area contributed by atoms with Crippen molar-refractivity contribution in [3.05, 3.63) is 93.0 Å². The molecule has 3 aromatic rings. The predicted molar refractivity (Wildman–Crippen MR) is 132 cm³/mol. The molecule has 162 valence electrons. The minimum atomic E-state index is -0.301. The number of nitrogens with one attached hydrogen (secondary N) is 1. The van der Waals surface area contributed by atoms with E-state index in [9.17, 15) is 9.59 Å². The van der Waals surface area contributed by atoms with Crippen molar-refractivity contribution < 1.29 is 9.59 Å². The van der Waals surface area contributed by atoms with Gasteiger partial charge in [0.15, 0.2) is 0 Å². The second-order valence-corrected chi connectivity index (χ2v) is 9.85. The molecule has 1 atom stereocenters. The van der Waals surface area contributed by atoms with Crippen LogP contribution in [0.3, 0.4) is 0 Å². The SMILES string of the molecule is O=C(Nc1ccc(C2SCC(=O)N2c2ccc3c(c2)CCC3)cc1)c1ccc(Cl)cc1Cl. The Balaban J connectivity index is 1.35. The van der Waals surface area contributed by atoms with Crippen molar-refractivity contribution in [1.29, 1.82) is 0 Å². The Hall–Kier alpha value is -2.47. The van der Waals surface area contributed by atoms with E-state index in [1.807, 2.05) is 29.2 Å². The molecule has 1 saturated heterocycles. The maximum absolute atomic E-state index is 12.7. The fourth-order valence-electron chi connectivity index (χ4n) is 4.26. The number of anilines is 2. The number of amides is 2. The molecule has 4 nitrogen and oxygen atoms in total. The van der Waals surface area contributed by atoms with Gasteiger partial charge < -0.3 is 5.32 Å². The third-order valence-corrected chi connectivity index (χ3v) is 7.62. The van der Waals surface area contributed by atoms with E-state index in [0.29, 0.717) is 27.0 Å². The van der Waals surface area contributed by atoms with Gasteiger partial charge in [-0.25, -0.2) is 0 Å². The maximum atomic E-state index is 12.7. The maximum Gasteiger partial charge on any atom is 0.257 e. The molecule has 1 aliphatic carbocycles. The van der Waals surface area contributed by atoms with Crippen LogP contribution in [0.5, 0.6) is 0 Å². The van der Waals surface area contributed by atoms with E-state index in [2.05, 4.69) is 23.5 Å². The number of thioether (sulfide) groups is 1. The van der Waals surface area contributed by atoms with Crippen LogP contribution in [0.15, 0.2) is 60.7 Å². The van der Waals surface area contributed by atoms with E-state index in [4.69, 9.17) is 23.2 Å². The van der Waals surface area contributed by atoms with E-state index in [1.165, 1.54) is 17.5 Å². The highest BCUT2D eigenvalue weighted by molar-refractivity contribution is 8.00. The molecular formula is C25H20Cl2N2O2S. The summed E-state index contributed by atoms with van der Waals surface area (Å²) in [5.74, 6) is 0.271. The van der Waals surface area contributed by atoms with Crippen molar-refractivity contribution in [3.63, 3.8) is 0 Å². The third kappa shape index (κ3) is 4.13. The lowest BCUT2D eigenvalue weighted by molar-refractivity contribution is -0.115. The molecule has 2 aliphatic rings. The molecule has 0 bridgehead atoms. The van der Waals surface area contributed by atoms with Crippen LogP contribution in [0.1, 0.15) is 38.8 Å². The molecule has 0 aromatic heterocycles. The number of carbonyl (C=O) groups excluding carboxylic acids is 2. The summed E-state index contributed by atoms with van der Waals surface area (Å²) in [5, 5.41) is 3.56. The summed E-state index contributed by atoms with van der Waals surface area (Å²) < 4.78 is 0. The first-order valence-corrected chi connectivity index (χ1v) is 12.2.